The molecule has 0 spiro atoms. The maximum absolute atomic E-state index is 11.7. The van der Waals surface area contributed by atoms with E-state index >= 15 is 0 Å². The molecule has 0 bridgehead atoms. The molecule has 0 aliphatic rings. The highest BCUT2D eigenvalue weighted by Gasteiger charge is 2.11. The third-order valence-electron chi connectivity index (χ3n) is 3.09. The average Bonchev–Trinajstić information content (AvgIpc) is 2.42. The van der Waals surface area contributed by atoms with E-state index in [1.54, 1.807) is 0 Å². The quantitative estimate of drug-likeness (QED) is 0.674. The molecule has 0 radical (unpaired) electrons. The van der Waals surface area contributed by atoms with E-state index < -0.39 is 0 Å². The second-order valence-corrected chi connectivity index (χ2v) is 5.03. The van der Waals surface area contributed by atoms with Gasteiger partial charge in [0.05, 0.1) is 6.42 Å². The first-order valence-corrected chi connectivity index (χ1v) is 7.07. The Labute approximate surface area is 116 Å². The van der Waals surface area contributed by atoms with Crippen molar-refractivity contribution in [1.82, 2.24) is 4.90 Å². The molecule has 0 amide bonds. The van der Waals surface area contributed by atoms with Crippen molar-refractivity contribution in [3.63, 3.8) is 0 Å². The first-order chi connectivity index (χ1) is 9.13. The van der Waals surface area contributed by atoms with Crippen LogP contribution >= 0.6 is 0 Å². The highest BCUT2D eigenvalue weighted by molar-refractivity contribution is 5.69. The Balaban J connectivity index is 2.27. The highest BCUT2D eigenvalue weighted by atomic mass is 16.5. The Morgan fingerprint density at radius 2 is 1.89 bits per heavy atom. The summed E-state index contributed by atoms with van der Waals surface area (Å²) in [6.45, 7) is 8.65. The molecule has 0 unspecified atom stereocenters. The van der Waals surface area contributed by atoms with Gasteiger partial charge in [-0.2, -0.15) is 0 Å². The first kappa shape index (κ1) is 15.7. The lowest BCUT2D eigenvalue weighted by atomic mass is 10.2. The van der Waals surface area contributed by atoms with Crippen LogP contribution in [0.3, 0.4) is 0 Å². The summed E-state index contributed by atoms with van der Waals surface area (Å²) in [4.78, 5) is 14.0. The molecular weight excluding hydrogens is 238 g/mol. The summed E-state index contributed by atoms with van der Waals surface area (Å²) in [5.41, 5.74) is 1.03. The molecule has 0 saturated carbocycles. The number of ether oxygens (including phenoxy) is 1. The van der Waals surface area contributed by atoms with Gasteiger partial charge in [-0.15, -0.1) is 0 Å². The van der Waals surface area contributed by atoms with Crippen LogP contribution in [-0.4, -0.2) is 30.0 Å². The minimum atomic E-state index is -0.120. The third kappa shape index (κ3) is 6.39. The molecule has 0 fully saturated rings. The van der Waals surface area contributed by atoms with Crippen LogP contribution in [0.5, 0.6) is 0 Å². The van der Waals surface area contributed by atoms with Crippen molar-refractivity contribution in [3.05, 3.63) is 35.9 Å². The molecule has 1 aromatic rings. The number of carbonyl (C=O) groups is 1. The van der Waals surface area contributed by atoms with Crippen LogP contribution in [0.2, 0.25) is 0 Å². The zero-order chi connectivity index (χ0) is 14.1. The lowest BCUT2D eigenvalue weighted by Gasteiger charge is -2.25. The number of nitrogens with zero attached hydrogens (tertiary/aromatic N) is 1. The third-order valence-corrected chi connectivity index (χ3v) is 3.09. The Hall–Kier alpha value is -1.35. The van der Waals surface area contributed by atoms with E-state index in [1.807, 2.05) is 30.3 Å². The zero-order valence-corrected chi connectivity index (χ0v) is 12.3. The largest absolute Gasteiger partial charge is 0.461 e. The molecule has 0 atom stereocenters. The Morgan fingerprint density at radius 1 is 1.21 bits per heavy atom. The van der Waals surface area contributed by atoms with Gasteiger partial charge in [0, 0.05) is 12.6 Å². The number of rotatable bonds is 8. The zero-order valence-electron chi connectivity index (χ0n) is 12.3. The van der Waals surface area contributed by atoms with Gasteiger partial charge in [0.1, 0.15) is 6.61 Å². The molecule has 3 heteroatoms. The summed E-state index contributed by atoms with van der Waals surface area (Å²) in [7, 11) is 0. The van der Waals surface area contributed by atoms with E-state index in [0.717, 1.165) is 25.1 Å². The minimum Gasteiger partial charge on any atom is -0.461 e. The summed E-state index contributed by atoms with van der Waals surface area (Å²) in [5.74, 6) is -0.120. The fourth-order valence-electron chi connectivity index (χ4n) is 1.96. The molecule has 1 rings (SSSR count). The monoisotopic (exact) mass is 263 g/mol. The molecule has 0 N–H and O–H groups in total. The molecule has 1 aromatic carbocycles. The fourth-order valence-corrected chi connectivity index (χ4v) is 1.96. The summed E-state index contributed by atoms with van der Waals surface area (Å²) < 4.78 is 5.27. The van der Waals surface area contributed by atoms with Crippen molar-refractivity contribution in [1.29, 1.82) is 0 Å². The second kappa shape index (κ2) is 8.70. The van der Waals surface area contributed by atoms with Gasteiger partial charge in [-0.05, 0) is 32.4 Å². The molecule has 3 nitrogen and oxygen atoms in total. The van der Waals surface area contributed by atoms with Crippen LogP contribution in [0.1, 0.15) is 39.2 Å². The lowest BCUT2D eigenvalue weighted by molar-refractivity contribution is -0.145. The van der Waals surface area contributed by atoms with Gasteiger partial charge in [0.2, 0.25) is 0 Å². The van der Waals surface area contributed by atoms with Crippen LogP contribution in [0.15, 0.2) is 30.3 Å². The second-order valence-electron chi connectivity index (χ2n) is 5.03. The standard InChI is InChI=1S/C16H25NO2/c1-4-11-17(14(2)3)12-10-16(18)19-13-15-8-6-5-7-9-15/h5-9,14H,4,10-13H2,1-3H3. The van der Waals surface area contributed by atoms with Crippen molar-refractivity contribution in [2.75, 3.05) is 13.1 Å². The molecule has 0 aliphatic carbocycles. The number of hydrogen-bond donors (Lipinski definition) is 0. The average molecular weight is 263 g/mol. The molecule has 0 saturated heterocycles. The molecule has 0 heterocycles. The van der Waals surface area contributed by atoms with Gasteiger partial charge in [0.25, 0.3) is 0 Å². The summed E-state index contributed by atoms with van der Waals surface area (Å²) in [5, 5.41) is 0. The van der Waals surface area contributed by atoms with Crippen molar-refractivity contribution >= 4 is 5.97 Å². The molecule has 0 aromatic heterocycles. The van der Waals surface area contributed by atoms with Crippen LogP contribution < -0.4 is 0 Å². The number of carbonyl (C=O) groups excluding carboxylic acids is 1. The maximum Gasteiger partial charge on any atom is 0.307 e. The fraction of sp³-hybridized carbons (Fsp3) is 0.562. The van der Waals surface area contributed by atoms with Crippen LogP contribution in [0.25, 0.3) is 0 Å². The van der Waals surface area contributed by atoms with Crippen molar-refractivity contribution in [2.45, 2.75) is 46.3 Å². The van der Waals surface area contributed by atoms with E-state index in [-0.39, 0.29) is 5.97 Å². The molecular formula is C16H25NO2. The topological polar surface area (TPSA) is 29.5 Å². The smallest absolute Gasteiger partial charge is 0.307 e. The maximum atomic E-state index is 11.7. The van der Waals surface area contributed by atoms with E-state index in [1.165, 1.54) is 0 Å². The van der Waals surface area contributed by atoms with Crippen molar-refractivity contribution < 1.29 is 9.53 Å². The normalized spacial score (nSPS) is 11.0. The Kier molecular flexibility index (Phi) is 7.19. The van der Waals surface area contributed by atoms with E-state index in [9.17, 15) is 4.79 Å². The number of esters is 1. The predicted octanol–water partition coefficient (Wildman–Crippen LogP) is 3.24. The SMILES string of the molecule is CCCN(CCC(=O)OCc1ccccc1)C(C)C. The minimum absolute atomic E-state index is 0.120. The highest BCUT2D eigenvalue weighted by Crippen LogP contribution is 2.04. The van der Waals surface area contributed by atoms with E-state index in [4.69, 9.17) is 4.74 Å². The molecule has 19 heavy (non-hydrogen) atoms. The predicted molar refractivity (Wildman–Crippen MR) is 77.9 cm³/mol. The van der Waals surface area contributed by atoms with Crippen LogP contribution in [0.4, 0.5) is 0 Å². The van der Waals surface area contributed by atoms with Gasteiger partial charge in [-0.25, -0.2) is 0 Å². The number of benzene rings is 1. The molecule has 0 aliphatic heterocycles. The Bertz CT molecular complexity index is 362. The first-order valence-electron chi connectivity index (χ1n) is 7.07. The van der Waals surface area contributed by atoms with Gasteiger partial charge in [0.15, 0.2) is 0 Å². The number of hydrogen-bond acceptors (Lipinski definition) is 3. The van der Waals surface area contributed by atoms with Crippen LogP contribution in [0, 0.1) is 0 Å². The van der Waals surface area contributed by atoms with Gasteiger partial charge in [-0.3, -0.25) is 4.79 Å². The van der Waals surface area contributed by atoms with Gasteiger partial charge in [-0.1, -0.05) is 37.3 Å². The summed E-state index contributed by atoms with van der Waals surface area (Å²) in [6, 6.07) is 10.3. The Morgan fingerprint density at radius 3 is 2.47 bits per heavy atom. The van der Waals surface area contributed by atoms with E-state index in [2.05, 4.69) is 25.7 Å². The summed E-state index contributed by atoms with van der Waals surface area (Å²) in [6.07, 6.45) is 1.57. The van der Waals surface area contributed by atoms with E-state index in [0.29, 0.717) is 19.1 Å². The van der Waals surface area contributed by atoms with Crippen LogP contribution in [-0.2, 0) is 16.1 Å². The van der Waals surface area contributed by atoms with Crippen molar-refractivity contribution in [2.24, 2.45) is 0 Å². The van der Waals surface area contributed by atoms with Gasteiger partial charge < -0.3 is 9.64 Å². The van der Waals surface area contributed by atoms with Crippen molar-refractivity contribution in [3.8, 4) is 0 Å². The lowest BCUT2D eigenvalue weighted by Crippen LogP contribution is -2.33. The summed E-state index contributed by atoms with van der Waals surface area (Å²) >= 11 is 0. The molecule has 106 valence electrons. The van der Waals surface area contributed by atoms with Gasteiger partial charge >= 0.3 is 5.97 Å².